The maximum Gasteiger partial charge on any atom is 2.00 e. The van der Waals surface area contributed by atoms with Gasteiger partial charge in [0, 0.05) is 100 Å². The number of rotatable bonds is 11. The van der Waals surface area contributed by atoms with Crippen molar-refractivity contribution in [1.82, 2.24) is 0 Å². The van der Waals surface area contributed by atoms with E-state index in [0.717, 1.165) is 12.3 Å². The van der Waals surface area contributed by atoms with Gasteiger partial charge < -0.3 is 36.6 Å². The zero-order chi connectivity index (χ0) is 38.5. The molecule has 0 amide bonds. The summed E-state index contributed by atoms with van der Waals surface area (Å²) in [6, 6.07) is 36.0. The molecule has 0 saturated heterocycles. The van der Waals surface area contributed by atoms with E-state index in [0.29, 0.717) is 0 Å². The van der Waals surface area contributed by atoms with Crippen LogP contribution in [0.5, 0.6) is 0 Å². The number of benzene rings is 4. The Morgan fingerprint density at radius 1 is 0.547 bits per heavy atom. The number of para-hydroxylation sites is 4. The summed E-state index contributed by atoms with van der Waals surface area (Å²) in [7, 11) is 10.00. The van der Waals surface area contributed by atoms with Gasteiger partial charge in [0.05, 0.1) is 5.34 Å². The number of halogens is 6. The van der Waals surface area contributed by atoms with Crippen LogP contribution in [0.2, 0.25) is 0 Å². The van der Waals surface area contributed by atoms with Crippen LogP contribution in [-0.4, -0.2) is 92.5 Å². The van der Waals surface area contributed by atoms with Crippen LogP contribution >= 0.6 is 39.0 Å². The average molecular weight is 947 g/mol. The van der Waals surface area contributed by atoms with Crippen molar-refractivity contribution >= 4 is 93.1 Å². The Labute approximate surface area is 346 Å². The first kappa shape index (κ1) is 51.2. The topological polar surface area (TPSA) is 70.2 Å². The third kappa shape index (κ3) is 15.0. The van der Waals surface area contributed by atoms with Crippen molar-refractivity contribution in [3.8, 4) is 0 Å². The Hall–Kier alpha value is -1.83. The normalized spacial score (nSPS) is 10.9. The van der Waals surface area contributed by atoms with E-state index in [1.165, 1.54) is 44.0 Å². The second kappa shape index (κ2) is 23.9. The predicted molar refractivity (Wildman–Crippen MR) is 218 cm³/mol. The molecule has 0 fully saturated rings. The van der Waals surface area contributed by atoms with Crippen LogP contribution in [0, 0.1) is 0 Å². The number of alkyl halides is 5. The molecule has 53 heavy (non-hydrogen) atoms. The summed E-state index contributed by atoms with van der Waals surface area (Å²) in [5.41, 5.74) is -0.391. The number of anilines is 4. The smallest absolute Gasteiger partial charge is 1.00 e. The molecular weight excluding hydrogens is 900 g/mol. The standard InChI is InChI=1S/C34H44N4P2.CH2Cl2.CHF3O3S.ClH.Pd/c1-35(2)27-17-9-13-21-31(27)39(32-22-14-10-18-28(32)36(3)4)25-26-40(33-23-15-11-19-29(33)37(5)6)34-24-16-12-20-30(34)38(7)8;2-1-3;2-1(3,4)8(5,6)7;;/h9-24H,25-26H2,1-8H3;1H2;(H,5,6,7);1H;/q;;;;+2/p-2. The van der Waals surface area contributed by atoms with Crippen LogP contribution < -0.4 is 53.2 Å². The second-order valence-electron chi connectivity index (χ2n) is 11.8. The number of hydrogen-bond acceptors (Lipinski definition) is 7. The molecule has 0 aliphatic heterocycles. The first-order valence-electron chi connectivity index (χ1n) is 15.6. The minimum absolute atomic E-state index is 0. The quantitative estimate of drug-likeness (QED) is 0.0742. The maximum absolute atomic E-state index is 10.7. The van der Waals surface area contributed by atoms with Gasteiger partial charge >= 0.3 is 25.9 Å². The summed E-state index contributed by atoms with van der Waals surface area (Å²) in [6.45, 7) is 0. The van der Waals surface area contributed by atoms with Crippen molar-refractivity contribution in [3.63, 3.8) is 0 Å². The first-order chi connectivity index (χ1) is 23.9. The summed E-state index contributed by atoms with van der Waals surface area (Å²) in [4.78, 5) is 9.09. The monoisotopic (exact) mass is 944 g/mol. The van der Waals surface area contributed by atoms with E-state index in [1.54, 1.807) is 0 Å². The molecule has 0 radical (unpaired) electrons. The zero-order valence-electron chi connectivity index (χ0n) is 30.8. The molecule has 4 rings (SSSR count). The van der Waals surface area contributed by atoms with Gasteiger partial charge in [-0.2, -0.15) is 13.2 Å². The Morgan fingerprint density at radius 2 is 0.717 bits per heavy atom. The molecule has 7 nitrogen and oxygen atoms in total. The summed E-state index contributed by atoms with van der Waals surface area (Å²) in [6.07, 6.45) is 2.22. The fourth-order valence-corrected chi connectivity index (χ4v) is 11.6. The van der Waals surface area contributed by atoms with Crippen molar-refractivity contribution < 1.29 is 59.0 Å². The Morgan fingerprint density at radius 3 is 0.868 bits per heavy atom. The second-order valence-corrected chi connectivity index (χ2v) is 18.5. The molecule has 0 heterocycles. The number of hydrogen-bond donors (Lipinski definition) is 0. The van der Waals surface area contributed by atoms with Crippen LogP contribution in [0.3, 0.4) is 0 Å². The molecule has 0 aromatic heterocycles. The number of nitrogens with zero attached hydrogens (tertiary/aromatic N) is 4. The van der Waals surface area contributed by atoms with Gasteiger partial charge in [0.2, 0.25) is 0 Å². The van der Waals surface area contributed by atoms with Crippen LogP contribution in [-0.2, 0) is 30.5 Å². The van der Waals surface area contributed by atoms with Gasteiger partial charge in [-0.3, -0.25) is 0 Å². The summed E-state index contributed by atoms with van der Waals surface area (Å²) >= 11 is 9.53. The van der Waals surface area contributed by atoms with Gasteiger partial charge in [-0.1, -0.05) is 72.8 Å². The molecular formula is C36H46Cl3F3N4O3P2PdS. The van der Waals surface area contributed by atoms with E-state index in [9.17, 15) is 13.2 Å². The van der Waals surface area contributed by atoms with Gasteiger partial charge in [0.15, 0.2) is 10.1 Å². The fourth-order valence-electron chi connectivity index (χ4n) is 5.22. The first-order valence-corrected chi connectivity index (χ1v) is 21.1. The van der Waals surface area contributed by atoms with Gasteiger partial charge in [-0.15, -0.1) is 23.2 Å². The van der Waals surface area contributed by atoms with E-state index in [4.69, 9.17) is 36.2 Å². The van der Waals surface area contributed by atoms with Crippen LogP contribution in [0.15, 0.2) is 97.1 Å². The SMILES string of the molecule is CN(C)c1ccccc1P(CCP(c1ccccc1N(C)C)c1ccccc1N(C)C)c1ccccc1N(C)C.ClCCl.O=S(=O)([O-])C(F)(F)F.[Cl-].[Pd+2]. The van der Waals surface area contributed by atoms with Gasteiger partial charge in [-0.05, 0) is 52.4 Å². The molecule has 0 bridgehead atoms. The van der Waals surface area contributed by atoms with E-state index in [2.05, 4.69) is 173 Å². The van der Waals surface area contributed by atoms with Crippen molar-refractivity contribution in [2.75, 3.05) is 93.6 Å². The van der Waals surface area contributed by atoms with Crippen LogP contribution in [0.1, 0.15) is 0 Å². The summed E-state index contributed by atoms with van der Waals surface area (Å²) in [5, 5.41) is 6.00. The molecule has 0 spiro atoms. The molecule has 0 N–H and O–H groups in total. The fraction of sp³-hybridized carbons (Fsp3) is 0.333. The van der Waals surface area contributed by atoms with Crippen LogP contribution in [0.4, 0.5) is 35.9 Å². The predicted octanol–water partition coefficient (Wildman–Crippen LogP) is 3.99. The Bertz CT molecular complexity index is 1580. The van der Waals surface area contributed by atoms with Crippen molar-refractivity contribution in [2.45, 2.75) is 5.51 Å². The molecule has 4 aromatic carbocycles. The third-order valence-electron chi connectivity index (χ3n) is 7.45. The minimum Gasteiger partial charge on any atom is -1.00 e. The molecule has 17 heteroatoms. The van der Waals surface area contributed by atoms with E-state index in [1.807, 2.05) is 0 Å². The van der Waals surface area contributed by atoms with E-state index >= 15 is 0 Å². The van der Waals surface area contributed by atoms with E-state index < -0.39 is 31.5 Å². The Kier molecular flexibility index (Phi) is 23.1. The van der Waals surface area contributed by atoms with Gasteiger partial charge in [0.25, 0.3) is 0 Å². The third-order valence-corrected chi connectivity index (χ3v) is 13.5. The van der Waals surface area contributed by atoms with Crippen molar-refractivity contribution in [3.05, 3.63) is 97.1 Å². The summed E-state index contributed by atoms with van der Waals surface area (Å²) < 4.78 is 58.9. The van der Waals surface area contributed by atoms with Gasteiger partial charge in [-0.25, -0.2) is 8.42 Å². The average Bonchev–Trinajstić information content (AvgIpc) is 3.06. The maximum atomic E-state index is 10.7. The van der Waals surface area contributed by atoms with Crippen molar-refractivity contribution in [2.24, 2.45) is 0 Å². The van der Waals surface area contributed by atoms with Gasteiger partial charge in [0.1, 0.15) is 0 Å². The largest absolute Gasteiger partial charge is 2.00 e. The molecule has 0 aliphatic carbocycles. The Balaban J connectivity index is 0.00000182. The minimum atomic E-state index is -6.09. The molecule has 296 valence electrons. The van der Waals surface area contributed by atoms with Crippen molar-refractivity contribution in [1.29, 1.82) is 0 Å². The molecule has 0 atom stereocenters. The zero-order valence-corrected chi connectivity index (χ0v) is 37.2. The molecule has 4 aromatic rings. The van der Waals surface area contributed by atoms with Crippen LogP contribution in [0.25, 0.3) is 0 Å². The molecule has 0 unspecified atom stereocenters. The van der Waals surface area contributed by atoms with E-state index in [-0.39, 0.29) is 38.2 Å². The molecule has 0 aliphatic rings. The molecule has 0 saturated carbocycles. The summed E-state index contributed by atoms with van der Waals surface area (Å²) in [5.74, 6) is 0.